The molecule has 1 fully saturated rings. The highest BCUT2D eigenvalue weighted by Crippen LogP contribution is 2.47. The van der Waals surface area contributed by atoms with Gasteiger partial charge in [-0.2, -0.15) is 0 Å². The summed E-state index contributed by atoms with van der Waals surface area (Å²) in [6.45, 7) is 10.9. The van der Waals surface area contributed by atoms with E-state index < -0.39 is 0 Å². The second-order valence-corrected chi connectivity index (χ2v) is 7.71. The van der Waals surface area contributed by atoms with Crippen molar-refractivity contribution in [1.29, 1.82) is 0 Å². The maximum absolute atomic E-state index is 12.7. The molecule has 1 aromatic rings. The molecule has 1 spiro atoms. The molecule has 0 N–H and O–H groups in total. The normalized spacial score (nSPS) is 20.0. The zero-order valence-corrected chi connectivity index (χ0v) is 15.5. The Morgan fingerprint density at radius 2 is 2.00 bits per heavy atom. The number of benzene rings is 1. The number of rotatable bonds is 4. The number of piperidine rings is 1. The lowest BCUT2D eigenvalue weighted by Gasteiger charge is -2.40. The third-order valence-electron chi connectivity index (χ3n) is 5.66. The van der Waals surface area contributed by atoms with Crippen molar-refractivity contribution in [2.45, 2.75) is 39.0 Å². The van der Waals surface area contributed by atoms with Crippen molar-refractivity contribution < 1.29 is 9.53 Å². The van der Waals surface area contributed by atoms with Crippen LogP contribution in [0.4, 0.5) is 5.69 Å². The van der Waals surface area contributed by atoms with Gasteiger partial charge in [-0.3, -0.25) is 4.79 Å². The zero-order valence-electron chi connectivity index (χ0n) is 15.5. The Bertz CT molecular complexity index is 604. The molecular formula is C20H30N2O2. The van der Waals surface area contributed by atoms with Gasteiger partial charge in [0.15, 0.2) is 0 Å². The van der Waals surface area contributed by atoms with Crippen LogP contribution in [-0.4, -0.2) is 50.7 Å². The molecule has 1 saturated heterocycles. The van der Waals surface area contributed by atoms with Crippen molar-refractivity contribution in [1.82, 2.24) is 4.90 Å². The number of carbonyl (C=O) groups is 1. The summed E-state index contributed by atoms with van der Waals surface area (Å²) in [6.07, 6.45) is 2.24. The molecule has 0 saturated carbocycles. The second-order valence-electron chi connectivity index (χ2n) is 7.71. The molecule has 0 radical (unpaired) electrons. The summed E-state index contributed by atoms with van der Waals surface area (Å²) in [6, 6.07) is 6.59. The standard InChI is InChI=1S/C20H30N2O2/c1-15(2)19(23)22-14-20(17-13-16(3)5-6-18(17)22)7-9-21(10-8-20)11-12-24-4/h5-6,13,15H,7-12,14H2,1-4H3. The first-order chi connectivity index (χ1) is 11.5. The molecule has 2 aliphatic heterocycles. The van der Waals surface area contributed by atoms with Crippen molar-refractivity contribution in [3.63, 3.8) is 0 Å². The summed E-state index contributed by atoms with van der Waals surface area (Å²) in [7, 11) is 1.76. The van der Waals surface area contributed by atoms with Gasteiger partial charge in [0.05, 0.1) is 6.61 Å². The van der Waals surface area contributed by atoms with Gasteiger partial charge in [0.25, 0.3) is 0 Å². The maximum Gasteiger partial charge on any atom is 0.229 e. The highest BCUT2D eigenvalue weighted by atomic mass is 16.5. The Morgan fingerprint density at radius 1 is 1.29 bits per heavy atom. The number of hydrogen-bond acceptors (Lipinski definition) is 3. The average Bonchev–Trinajstić information content (AvgIpc) is 2.87. The van der Waals surface area contributed by atoms with E-state index in [1.807, 2.05) is 18.7 Å². The van der Waals surface area contributed by atoms with E-state index in [4.69, 9.17) is 4.74 Å². The summed E-state index contributed by atoms with van der Waals surface area (Å²) in [5.74, 6) is 0.287. The number of hydrogen-bond donors (Lipinski definition) is 0. The van der Waals surface area contributed by atoms with Crippen molar-refractivity contribution in [2.75, 3.05) is 44.8 Å². The smallest absolute Gasteiger partial charge is 0.229 e. The Labute approximate surface area is 145 Å². The topological polar surface area (TPSA) is 32.8 Å². The van der Waals surface area contributed by atoms with Crippen LogP contribution in [0.1, 0.15) is 37.8 Å². The van der Waals surface area contributed by atoms with Gasteiger partial charge in [-0.25, -0.2) is 0 Å². The van der Waals surface area contributed by atoms with Crippen LogP contribution in [0.25, 0.3) is 0 Å². The number of ether oxygens (including phenoxy) is 1. The van der Waals surface area contributed by atoms with Gasteiger partial charge >= 0.3 is 0 Å². The fourth-order valence-electron chi connectivity index (χ4n) is 4.14. The van der Waals surface area contributed by atoms with Crippen LogP contribution in [0.5, 0.6) is 0 Å². The Kier molecular flexibility index (Phi) is 4.97. The number of aryl methyl sites for hydroxylation is 1. The molecule has 132 valence electrons. The van der Waals surface area contributed by atoms with Crippen molar-refractivity contribution >= 4 is 11.6 Å². The molecule has 0 atom stereocenters. The fourth-order valence-corrected chi connectivity index (χ4v) is 4.14. The Hall–Kier alpha value is -1.39. The van der Waals surface area contributed by atoms with E-state index in [0.717, 1.165) is 51.3 Å². The third-order valence-corrected chi connectivity index (χ3v) is 5.66. The largest absolute Gasteiger partial charge is 0.383 e. The Balaban J connectivity index is 1.86. The predicted molar refractivity (Wildman–Crippen MR) is 97.6 cm³/mol. The van der Waals surface area contributed by atoms with E-state index in [9.17, 15) is 4.79 Å². The first-order valence-electron chi connectivity index (χ1n) is 9.11. The van der Waals surface area contributed by atoms with Crippen molar-refractivity contribution in [3.05, 3.63) is 29.3 Å². The van der Waals surface area contributed by atoms with Gasteiger partial charge in [-0.05, 0) is 44.5 Å². The van der Waals surface area contributed by atoms with Gasteiger partial charge in [0, 0.05) is 37.2 Å². The van der Waals surface area contributed by atoms with Gasteiger partial charge in [-0.1, -0.05) is 31.5 Å². The summed E-state index contributed by atoms with van der Waals surface area (Å²) < 4.78 is 5.21. The molecule has 4 nitrogen and oxygen atoms in total. The van der Waals surface area contributed by atoms with Gasteiger partial charge in [-0.15, -0.1) is 0 Å². The molecule has 0 unspecified atom stereocenters. The fraction of sp³-hybridized carbons (Fsp3) is 0.650. The molecule has 0 aliphatic carbocycles. The number of anilines is 1. The van der Waals surface area contributed by atoms with Gasteiger partial charge < -0.3 is 14.5 Å². The molecule has 1 aromatic carbocycles. The van der Waals surface area contributed by atoms with E-state index in [2.05, 4.69) is 30.0 Å². The van der Waals surface area contributed by atoms with Crippen LogP contribution in [0, 0.1) is 12.8 Å². The molecule has 0 aromatic heterocycles. The number of amides is 1. The predicted octanol–water partition coefficient (Wildman–Crippen LogP) is 2.98. The van der Waals surface area contributed by atoms with Crippen LogP contribution in [0.15, 0.2) is 18.2 Å². The second kappa shape index (κ2) is 6.85. The highest BCUT2D eigenvalue weighted by Gasteiger charge is 2.46. The van der Waals surface area contributed by atoms with Crippen LogP contribution in [0.3, 0.4) is 0 Å². The molecule has 0 bridgehead atoms. The van der Waals surface area contributed by atoms with Crippen LogP contribution in [-0.2, 0) is 14.9 Å². The molecule has 4 heteroatoms. The first kappa shape index (κ1) is 17.4. The lowest BCUT2D eigenvalue weighted by Crippen LogP contribution is -2.47. The molecule has 2 aliphatic rings. The summed E-state index contributed by atoms with van der Waals surface area (Å²) in [4.78, 5) is 17.3. The average molecular weight is 330 g/mol. The zero-order chi connectivity index (χ0) is 17.3. The van der Waals surface area contributed by atoms with E-state index >= 15 is 0 Å². The summed E-state index contributed by atoms with van der Waals surface area (Å²) in [5, 5.41) is 0. The van der Waals surface area contributed by atoms with Gasteiger partial charge in [0.2, 0.25) is 5.91 Å². The minimum Gasteiger partial charge on any atom is -0.383 e. The van der Waals surface area contributed by atoms with E-state index in [1.165, 1.54) is 11.1 Å². The number of likely N-dealkylation sites (tertiary alicyclic amines) is 1. The first-order valence-corrected chi connectivity index (χ1v) is 9.11. The molecule has 2 heterocycles. The SMILES string of the molecule is COCCN1CCC2(CC1)CN(C(=O)C(C)C)c1ccc(C)cc12. The molecule has 24 heavy (non-hydrogen) atoms. The van der Waals surface area contributed by atoms with Crippen LogP contribution < -0.4 is 4.90 Å². The summed E-state index contributed by atoms with van der Waals surface area (Å²) >= 11 is 0. The molecule has 3 rings (SSSR count). The highest BCUT2D eigenvalue weighted by molar-refractivity contribution is 5.97. The van der Waals surface area contributed by atoms with Crippen LogP contribution >= 0.6 is 0 Å². The van der Waals surface area contributed by atoms with E-state index in [1.54, 1.807) is 7.11 Å². The minimum absolute atomic E-state index is 0.0381. The van der Waals surface area contributed by atoms with Crippen molar-refractivity contribution in [2.24, 2.45) is 5.92 Å². The van der Waals surface area contributed by atoms with Gasteiger partial charge in [0.1, 0.15) is 0 Å². The Morgan fingerprint density at radius 3 is 2.62 bits per heavy atom. The third kappa shape index (κ3) is 3.09. The number of fused-ring (bicyclic) bond motifs is 2. The number of nitrogens with zero attached hydrogens (tertiary/aromatic N) is 2. The monoisotopic (exact) mass is 330 g/mol. The number of carbonyl (C=O) groups excluding carboxylic acids is 1. The summed E-state index contributed by atoms with van der Waals surface area (Å²) in [5.41, 5.74) is 3.96. The van der Waals surface area contributed by atoms with Crippen molar-refractivity contribution in [3.8, 4) is 0 Å². The minimum atomic E-state index is 0.0381. The quantitative estimate of drug-likeness (QED) is 0.851. The number of methoxy groups -OCH3 is 1. The van der Waals surface area contributed by atoms with Crippen LogP contribution in [0.2, 0.25) is 0 Å². The molecule has 1 amide bonds. The lowest BCUT2D eigenvalue weighted by molar-refractivity contribution is -0.121. The molecular weight excluding hydrogens is 300 g/mol. The van der Waals surface area contributed by atoms with E-state index in [-0.39, 0.29) is 17.2 Å². The lowest BCUT2D eigenvalue weighted by atomic mass is 9.74. The maximum atomic E-state index is 12.7. The van der Waals surface area contributed by atoms with E-state index in [0.29, 0.717) is 0 Å².